The molecule has 2 heterocycles. The molecule has 0 unspecified atom stereocenters. The molecule has 2 aromatic heterocycles. The summed E-state index contributed by atoms with van der Waals surface area (Å²) in [6.45, 7) is 0. The highest BCUT2D eigenvalue weighted by Crippen LogP contribution is 2.31. The fourth-order valence-corrected chi connectivity index (χ4v) is 4.51. The van der Waals surface area contributed by atoms with Crippen LogP contribution < -0.4 is 16.0 Å². The van der Waals surface area contributed by atoms with Crippen molar-refractivity contribution in [3.05, 3.63) is 99.5 Å². The molecule has 0 saturated heterocycles. The molecule has 7 nitrogen and oxygen atoms in total. The Hall–Kier alpha value is -4.26. The first-order valence-corrected chi connectivity index (χ1v) is 12.1. The summed E-state index contributed by atoms with van der Waals surface area (Å²) < 4.78 is 15.9. The summed E-state index contributed by atoms with van der Waals surface area (Å²) in [6, 6.07) is 21.8. The van der Waals surface area contributed by atoms with Crippen LogP contribution in [-0.4, -0.2) is 17.1 Å². The molecule has 0 spiro atoms. The number of fused-ring (bicyclic) bond motifs is 2. The number of nitrogens with zero attached hydrogens (tertiary/aromatic N) is 2. The van der Waals surface area contributed by atoms with E-state index in [2.05, 4.69) is 9.97 Å². The summed E-state index contributed by atoms with van der Waals surface area (Å²) in [7, 11) is 1.57. The molecule has 6 rings (SSSR count). The van der Waals surface area contributed by atoms with Gasteiger partial charge in [-0.15, -0.1) is 0 Å². The minimum atomic E-state index is -0.397. The van der Waals surface area contributed by atoms with Crippen molar-refractivity contribution in [2.45, 2.75) is 38.0 Å². The highest BCUT2D eigenvalue weighted by Gasteiger charge is 2.20. The Bertz CT molecular complexity index is 1620. The standard InChI is InChI=1S/C15H11NO3.C14H15NO2/c1-18-13-9-5-3-7-11(13)14-16-12-8-4-2-6-10(12)15(17)19-14;16-14-11-8-4-5-9-12(11)15-13(17-14)10-6-2-1-3-7-10/h2-9H,1H3;4-5,8-10H,1-3,6-7H2. The molecule has 1 fully saturated rings. The minimum Gasteiger partial charge on any atom is -0.496 e. The van der Waals surface area contributed by atoms with Gasteiger partial charge in [0.15, 0.2) is 0 Å². The van der Waals surface area contributed by atoms with Gasteiger partial charge in [0.1, 0.15) is 5.75 Å². The molecule has 0 radical (unpaired) electrons. The van der Waals surface area contributed by atoms with Crippen molar-refractivity contribution < 1.29 is 13.6 Å². The fourth-order valence-electron chi connectivity index (χ4n) is 4.51. The summed E-state index contributed by atoms with van der Waals surface area (Å²) in [5, 5.41) is 1.05. The largest absolute Gasteiger partial charge is 0.496 e. The Kier molecular flexibility index (Phi) is 6.89. The molecule has 182 valence electrons. The van der Waals surface area contributed by atoms with E-state index in [4.69, 9.17) is 13.6 Å². The Labute approximate surface area is 207 Å². The lowest BCUT2D eigenvalue weighted by Gasteiger charge is -2.19. The molecule has 0 bridgehead atoms. The van der Waals surface area contributed by atoms with Crippen molar-refractivity contribution in [2.24, 2.45) is 0 Å². The van der Waals surface area contributed by atoms with Crippen LogP contribution in [-0.2, 0) is 0 Å². The van der Waals surface area contributed by atoms with Gasteiger partial charge in [0, 0.05) is 5.92 Å². The maximum Gasteiger partial charge on any atom is 0.347 e. The van der Waals surface area contributed by atoms with E-state index in [1.807, 2.05) is 36.4 Å². The first kappa shape index (κ1) is 23.5. The predicted molar refractivity (Wildman–Crippen MR) is 138 cm³/mol. The van der Waals surface area contributed by atoms with Gasteiger partial charge in [0.25, 0.3) is 0 Å². The van der Waals surface area contributed by atoms with Crippen molar-refractivity contribution >= 4 is 21.8 Å². The molecule has 0 N–H and O–H groups in total. The van der Waals surface area contributed by atoms with Crippen molar-refractivity contribution in [1.82, 2.24) is 9.97 Å². The zero-order valence-corrected chi connectivity index (χ0v) is 20.0. The van der Waals surface area contributed by atoms with Crippen LogP contribution in [0.2, 0.25) is 0 Å². The van der Waals surface area contributed by atoms with Gasteiger partial charge in [0.05, 0.1) is 34.5 Å². The van der Waals surface area contributed by atoms with Gasteiger partial charge in [0.2, 0.25) is 11.8 Å². The number of benzene rings is 3. The number of ether oxygens (including phenoxy) is 1. The molecule has 0 amide bonds. The molecule has 7 heteroatoms. The Morgan fingerprint density at radius 3 is 2.00 bits per heavy atom. The number of rotatable bonds is 3. The van der Waals surface area contributed by atoms with Crippen LogP contribution in [0, 0.1) is 0 Å². The Morgan fingerprint density at radius 1 is 0.722 bits per heavy atom. The van der Waals surface area contributed by atoms with E-state index in [0.29, 0.717) is 39.4 Å². The van der Waals surface area contributed by atoms with Crippen molar-refractivity contribution in [2.75, 3.05) is 7.11 Å². The topological polar surface area (TPSA) is 95.4 Å². The number of para-hydroxylation sites is 3. The smallest absolute Gasteiger partial charge is 0.347 e. The summed E-state index contributed by atoms with van der Waals surface area (Å²) >= 11 is 0. The molecular weight excluding hydrogens is 456 g/mol. The minimum absolute atomic E-state index is 0.254. The van der Waals surface area contributed by atoms with E-state index in [9.17, 15) is 9.59 Å². The number of hydrogen-bond donors (Lipinski definition) is 0. The molecule has 3 aromatic carbocycles. The first-order valence-electron chi connectivity index (χ1n) is 12.1. The molecule has 0 atom stereocenters. The third-order valence-corrected chi connectivity index (χ3v) is 6.38. The van der Waals surface area contributed by atoms with E-state index >= 15 is 0 Å². The Balaban J connectivity index is 0.000000149. The van der Waals surface area contributed by atoms with Gasteiger partial charge in [-0.1, -0.05) is 55.7 Å². The van der Waals surface area contributed by atoms with Crippen molar-refractivity contribution in [3.63, 3.8) is 0 Å². The quantitative estimate of drug-likeness (QED) is 0.307. The third-order valence-electron chi connectivity index (χ3n) is 6.38. The van der Waals surface area contributed by atoms with Crippen LogP contribution in [0.3, 0.4) is 0 Å². The van der Waals surface area contributed by atoms with E-state index in [-0.39, 0.29) is 11.5 Å². The van der Waals surface area contributed by atoms with Crippen molar-refractivity contribution in [3.8, 4) is 17.2 Å². The highest BCUT2D eigenvalue weighted by molar-refractivity contribution is 5.79. The maximum atomic E-state index is 11.9. The van der Waals surface area contributed by atoms with Crippen LogP contribution in [0.4, 0.5) is 0 Å². The second-order valence-corrected chi connectivity index (χ2v) is 8.72. The van der Waals surface area contributed by atoms with E-state index in [1.54, 1.807) is 43.5 Å². The molecule has 1 aliphatic carbocycles. The van der Waals surface area contributed by atoms with Gasteiger partial charge in [-0.05, 0) is 49.2 Å². The number of hydrogen-bond acceptors (Lipinski definition) is 7. The zero-order valence-electron chi connectivity index (χ0n) is 20.0. The fraction of sp³-hybridized carbons (Fsp3) is 0.241. The van der Waals surface area contributed by atoms with E-state index in [1.165, 1.54) is 19.3 Å². The molecular formula is C29H26N2O5. The van der Waals surface area contributed by atoms with E-state index < -0.39 is 5.63 Å². The zero-order chi connectivity index (χ0) is 24.9. The van der Waals surface area contributed by atoms with Gasteiger partial charge in [-0.3, -0.25) is 0 Å². The molecule has 36 heavy (non-hydrogen) atoms. The monoisotopic (exact) mass is 482 g/mol. The second-order valence-electron chi connectivity index (χ2n) is 8.72. The average molecular weight is 483 g/mol. The molecule has 0 aliphatic heterocycles. The lowest BCUT2D eigenvalue weighted by molar-refractivity contribution is 0.342. The van der Waals surface area contributed by atoms with Gasteiger partial charge in [-0.25, -0.2) is 19.6 Å². The second kappa shape index (κ2) is 10.6. The van der Waals surface area contributed by atoms with Crippen LogP contribution >= 0.6 is 0 Å². The van der Waals surface area contributed by atoms with Gasteiger partial charge < -0.3 is 13.6 Å². The Morgan fingerprint density at radius 2 is 1.31 bits per heavy atom. The van der Waals surface area contributed by atoms with Crippen LogP contribution in [0.1, 0.15) is 43.9 Å². The maximum absolute atomic E-state index is 11.9. The first-order chi connectivity index (χ1) is 17.6. The summed E-state index contributed by atoms with van der Waals surface area (Å²) in [6.07, 6.45) is 5.89. The summed E-state index contributed by atoms with van der Waals surface area (Å²) in [4.78, 5) is 32.6. The highest BCUT2D eigenvalue weighted by atomic mass is 16.5. The average Bonchev–Trinajstić information content (AvgIpc) is 2.94. The summed E-state index contributed by atoms with van der Waals surface area (Å²) in [5.41, 5.74) is 1.37. The lowest BCUT2D eigenvalue weighted by Crippen LogP contribution is -2.11. The third kappa shape index (κ3) is 4.91. The normalized spacial score (nSPS) is 13.8. The molecule has 1 aliphatic rings. The van der Waals surface area contributed by atoms with Crippen LogP contribution in [0.15, 0.2) is 91.2 Å². The molecule has 1 saturated carbocycles. The molecule has 5 aromatic rings. The SMILES string of the molecule is COc1ccccc1-c1nc2ccccc2c(=O)o1.O=c1oc(C2CCCCC2)nc2ccccc12. The van der Waals surface area contributed by atoms with Crippen LogP contribution in [0.25, 0.3) is 33.3 Å². The lowest BCUT2D eigenvalue weighted by atomic mass is 9.89. The number of aromatic nitrogens is 2. The summed E-state index contributed by atoms with van der Waals surface area (Å²) in [5.74, 6) is 1.85. The van der Waals surface area contributed by atoms with Gasteiger partial charge in [-0.2, -0.15) is 0 Å². The van der Waals surface area contributed by atoms with Crippen LogP contribution in [0.5, 0.6) is 5.75 Å². The van der Waals surface area contributed by atoms with E-state index in [0.717, 1.165) is 18.4 Å². The van der Waals surface area contributed by atoms with Crippen molar-refractivity contribution in [1.29, 1.82) is 0 Å². The number of methoxy groups -OCH3 is 1. The predicted octanol–water partition coefficient (Wildman–Crippen LogP) is 6.10. The van der Waals surface area contributed by atoms with Gasteiger partial charge >= 0.3 is 11.3 Å².